The number of aromatic amines is 1. The number of piperazine rings is 1. The molecule has 3 N–H and O–H groups in total. The molecular formula is C27H30FN5O2. The quantitative estimate of drug-likeness (QED) is 0.488. The smallest absolute Gasteiger partial charge is 0.227 e. The van der Waals surface area contributed by atoms with Gasteiger partial charge in [0, 0.05) is 32.7 Å². The third-order valence-corrected chi connectivity index (χ3v) is 6.76. The number of H-pyrrole nitrogens is 1. The summed E-state index contributed by atoms with van der Waals surface area (Å²) in [7, 11) is 1.65. The topological polar surface area (TPSA) is 82.3 Å². The molecule has 3 aromatic rings. The minimum absolute atomic E-state index is 0.0228. The number of hydrogen-bond donors (Lipinski definition) is 3. The number of rotatable bonds is 7. The lowest BCUT2D eigenvalue weighted by atomic mass is 9.88. The second-order valence-electron chi connectivity index (χ2n) is 9.05. The highest BCUT2D eigenvalue weighted by molar-refractivity contribution is 5.87. The zero-order valence-electron chi connectivity index (χ0n) is 19.8. The highest BCUT2D eigenvalue weighted by atomic mass is 19.1. The van der Waals surface area contributed by atoms with E-state index in [0.717, 1.165) is 55.2 Å². The van der Waals surface area contributed by atoms with Gasteiger partial charge < -0.3 is 15.4 Å². The highest BCUT2D eigenvalue weighted by Gasteiger charge is 2.26. The van der Waals surface area contributed by atoms with Gasteiger partial charge in [0.15, 0.2) is 0 Å². The van der Waals surface area contributed by atoms with Crippen molar-refractivity contribution in [3.63, 3.8) is 0 Å². The number of nitrogens with one attached hydrogen (secondary N) is 3. The molecule has 1 amide bonds. The van der Waals surface area contributed by atoms with Gasteiger partial charge in [-0.15, -0.1) is 0 Å². The summed E-state index contributed by atoms with van der Waals surface area (Å²) in [5, 5.41) is 13.5. The van der Waals surface area contributed by atoms with Crippen molar-refractivity contribution in [2.24, 2.45) is 5.92 Å². The number of carbonyl (C=O) groups excluding carboxylic acids is 1. The van der Waals surface area contributed by atoms with Gasteiger partial charge in [0.05, 0.1) is 30.0 Å². The number of halogens is 1. The number of aromatic nitrogens is 2. The lowest BCUT2D eigenvalue weighted by molar-refractivity contribution is -0.124. The summed E-state index contributed by atoms with van der Waals surface area (Å²) in [6.07, 6.45) is 6.38. The minimum atomic E-state index is -0.447. The van der Waals surface area contributed by atoms with Crippen LogP contribution in [-0.4, -0.2) is 60.8 Å². The molecule has 35 heavy (non-hydrogen) atoms. The fourth-order valence-corrected chi connectivity index (χ4v) is 4.77. The first-order valence-electron chi connectivity index (χ1n) is 12.0. The first-order valence-corrected chi connectivity index (χ1v) is 12.0. The van der Waals surface area contributed by atoms with E-state index in [9.17, 15) is 9.18 Å². The second kappa shape index (κ2) is 10.4. The SMILES string of the molecule is COc1cccc(C(CN2CCNCC2)NC(=O)C2C=CC=C(c3ccc4n[nH]c(F)c4c3)C2)c1. The number of allylic oxidation sites excluding steroid dienone is 3. The van der Waals surface area contributed by atoms with Gasteiger partial charge in [-0.05, 0) is 47.4 Å². The summed E-state index contributed by atoms with van der Waals surface area (Å²) in [5.41, 5.74) is 3.49. The maximum atomic E-state index is 14.0. The van der Waals surface area contributed by atoms with Gasteiger partial charge in [-0.3, -0.25) is 14.8 Å². The molecule has 5 rings (SSSR count). The summed E-state index contributed by atoms with van der Waals surface area (Å²) in [4.78, 5) is 15.8. The van der Waals surface area contributed by atoms with Gasteiger partial charge in [0.25, 0.3) is 0 Å². The van der Waals surface area contributed by atoms with Gasteiger partial charge in [-0.1, -0.05) is 36.4 Å². The van der Waals surface area contributed by atoms with E-state index in [-0.39, 0.29) is 17.9 Å². The lowest BCUT2D eigenvalue weighted by Crippen LogP contribution is -2.47. The average molecular weight is 476 g/mol. The average Bonchev–Trinajstić information content (AvgIpc) is 3.29. The standard InChI is InChI=1S/C27H30FN5O2/c1-35-22-7-3-5-20(15-22)25(17-33-12-10-29-11-13-33)30-27(34)21-6-2-4-18(14-21)19-8-9-24-23(16-19)26(28)32-31-24/h2-9,15-16,21,25,29H,10-14,17H2,1H3,(H,30,34)(H,31,32). The van der Waals surface area contributed by atoms with Crippen LogP contribution in [0.4, 0.5) is 4.39 Å². The Bertz CT molecular complexity index is 1260. The van der Waals surface area contributed by atoms with Crippen molar-refractivity contribution in [2.75, 3.05) is 39.8 Å². The molecule has 2 heterocycles. The van der Waals surface area contributed by atoms with Crippen LogP contribution in [0.1, 0.15) is 23.6 Å². The van der Waals surface area contributed by atoms with Crippen LogP contribution < -0.4 is 15.4 Å². The molecule has 2 unspecified atom stereocenters. The van der Waals surface area contributed by atoms with Crippen molar-refractivity contribution < 1.29 is 13.9 Å². The number of methoxy groups -OCH3 is 1. The third kappa shape index (κ3) is 5.28. The number of hydrogen-bond acceptors (Lipinski definition) is 5. The number of benzene rings is 2. The molecule has 1 aliphatic carbocycles. The third-order valence-electron chi connectivity index (χ3n) is 6.76. The second-order valence-corrected chi connectivity index (χ2v) is 9.05. The normalized spacial score (nSPS) is 19.4. The first-order chi connectivity index (χ1) is 17.1. The molecule has 0 saturated carbocycles. The van der Waals surface area contributed by atoms with Crippen molar-refractivity contribution in [2.45, 2.75) is 12.5 Å². The first kappa shape index (κ1) is 23.3. The summed E-state index contributed by atoms with van der Waals surface area (Å²) >= 11 is 0. The Morgan fingerprint density at radius 3 is 2.94 bits per heavy atom. The van der Waals surface area contributed by atoms with Gasteiger partial charge in [0.2, 0.25) is 11.9 Å². The number of fused-ring (bicyclic) bond motifs is 1. The van der Waals surface area contributed by atoms with Crippen molar-refractivity contribution in [1.29, 1.82) is 0 Å². The Morgan fingerprint density at radius 1 is 1.26 bits per heavy atom. The minimum Gasteiger partial charge on any atom is -0.497 e. The van der Waals surface area contributed by atoms with E-state index < -0.39 is 5.95 Å². The number of carbonyl (C=O) groups is 1. The van der Waals surface area contributed by atoms with E-state index in [2.05, 4.69) is 25.7 Å². The summed E-state index contributed by atoms with van der Waals surface area (Å²) < 4.78 is 19.4. The fourth-order valence-electron chi connectivity index (χ4n) is 4.77. The predicted molar refractivity (Wildman–Crippen MR) is 134 cm³/mol. The van der Waals surface area contributed by atoms with Crippen LogP contribution in [0.3, 0.4) is 0 Å². The van der Waals surface area contributed by atoms with E-state index >= 15 is 0 Å². The molecule has 0 bridgehead atoms. The van der Waals surface area contributed by atoms with Crippen LogP contribution in [0, 0.1) is 11.9 Å². The van der Waals surface area contributed by atoms with Crippen molar-refractivity contribution in [3.05, 3.63) is 77.8 Å². The van der Waals surface area contributed by atoms with Crippen molar-refractivity contribution in [1.82, 2.24) is 25.7 Å². The maximum absolute atomic E-state index is 14.0. The summed E-state index contributed by atoms with van der Waals surface area (Å²) in [6.45, 7) is 4.51. The molecule has 8 heteroatoms. The monoisotopic (exact) mass is 475 g/mol. The van der Waals surface area contributed by atoms with Crippen LogP contribution in [0.2, 0.25) is 0 Å². The fraction of sp³-hybridized carbons (Fsp3) is 0.333. The molecule has 2 aliphatic rings. The molecule has 0 spiro atoms. The zero-order valence-corrected chi connectivity index (χ0v) is 19.8. The van der Waals surface area contributed by atoms with Crippen LogP contribution in [0.25, 0.3) is 16.5 Å². The Labute approximate surface area is 204 Å². The van der Waals surface area contributed by atoms with E-state index in [0.29, 0.717) is 17.3 Å². The zero-order chi connectivity index (χ0) is 24.2. The van der Waals surface area contributed by atoms with Gasteiger partial charge >= 0.3 is 0 Å². The van der Waals surface area contributed by atoms with Crippen molar-refractivity contribution >= 4 is 22.4 Å². The lowest BCUT2D eigenvalue weighted by Gasteiger charge is -2.32. The van der Waals surface area contributed by atoms with Crippen LogP contribution >= 0.6 is 0 Å². The maximum Gasteiger partial charge on any atom is 0.227 e. The molecular weight excluding hydrogens is 445 g/mol. The van der Waals surface area contributed by atoms with E-state index in [1.54, 1.807) is 19.2 Å². The number of nitrogens with zero attached hydrogens (tertiary/aromatic N) is 2. The summed E-state index contributed by atoms with van der Waals surface area (Å²) in [6, 6.07) is 13.2. The molecule has 1 aromatic heterocycles. The van der Waals surface area contributed by atoms with Gasteiger partial charge in [-0.25, -0.2) is 0 Å². The number of amides is 1. The Hall–Kier alpha value is -3.49. The highest BCUT2D eigenvalue weighted by Crippen LogP contribution is 2.30. The predicted octanol–water partition coefficient (Wildman–Crippen LogP) is 3.43. The molecule has 1 saturated heterocycles. The molecule has 2 atom stereocenters. The number of ether oxygens (including phenoxy) is 1. The van der Waals surface area contributed by atoms with Crippen LogP contribution in [-0.2, 0) is 4.79 Å². The molecule has 1 fully saturated rings. The van der Waals surface area contributed by atoms with E-state index in [4.69, 9.17) is 4.74 Å². The van der Waals surface area contributed by atoms with Crippen LogP contribution in [0.5, 0.6) is 5.75 Å². The van der Waals surface area contributed by atoms with Crippen molar-refractivity contribution in [3.8, 4) is 5.75 Å². The van der Waals surface area contributed by atoms with Gasteiger partial charge in [-0.2, -0.15) is 9.49 Å². The molecule has 1 aliphatic heterocycles. The van der Waals surface area contributed by atoms with Crippen LogP contribution in [0.15, 0.2) is 60.7 Å². The summed E-state index contributed by atoms with van der Waals surface area (Å²) in [5.74, 6) is -0.00903. The molecule has 2 aromatic carbocycles. The van der Waals surface area contributed by atoms with E-state index in [1.165, 1.54) is 0 Å². The van der Waals surface area contributed by atoms with E-state index in [1.807, 2.05) is 48.6 Å². The Morgan fingerprint density at radius 2 is 2.11 bits per heavy atom. The Balaban J connectivity index is 1.32. The Kier molecular flexibility index (Phi) is 6.92. The van der Waals surface area contributed by atoms with Gasteiger partial charge in [0.1, 0.15) is 5.75 Å². The largest absolute Gasteiger partial charge is 0.497 e. The molecule has 7 nitrogen and oxygen atoms in total. The molecule has 0 radical (unpaired) electrons. The molecule has 182 valence electrons.